The molecule has 0 bridgehead atoms. The van der Waals surface area contributed by atoms with Crippen LogP contribution in [0.3, 0.4) is 0 Å². The Labute approximate surface area is 147 Å². The predicted molar refractivity (Wildman–Crippen MR) is 98.5 cm³/mol. The van der Waals surface area contributed by atoms with E-state index in [-0.39, 0.29) is 11.8 Å². The minimum absolute atomic E-state index is 0.293. The van der Waals surface area contributed by atoms with Gasteiger partial charge in [0.15, 0.2) is 0 Å². The Bertz CT molecular complexity index is 897. The third kappa shape index (κ3) is 2.44. The first-order chi connectivity index (χ1) is 11.6. The molecule has 124 valence electrons. The van der Waals surface area contributed by atoms with Crippen LogP contribution in [-0.4, -0.2) is 22.4 Å². The first-order valence-electron chi connectivity index (χ1n) is 7.92. The Hall–Kier alpha value is -1.83. The Kier molecular flexibility index (Phi) is 3.86. The number of nitrogens with zero attached hydrogens (tertiary/aromatic N) is 2. The van der Waals surface area contributed by atoms with Gasteiger partial charge in [0.05, 0.1) is 16.8 Å². The van der Waals surface area contributed by atoms with E-state index in [2.05, 4.69) is 17.2 Å². The molecule has 1 amide bonds. The molecule has 4 rings (SSSR count). The standard InChI is InChI=1S/C17H18N4OS2/c1-8-5-20-7-12-13(8)14(15(23-12)9(2)16(18)22)17-21-10-6-19-4-3-11(10)24-17/h3-4,6,8-9,20H,5,7H2,1-2H3,(H2,18,22)/t8-,9?/m1/s1. The van der Waals surface area contributed by atoms with Crippen molar-refractivity contribution in [2.45, 2.75) is 32.2 Å². The molecule has 0 aliphatic carbocycles. The van der Waals surface area contributed by atoms with Gasteiger partial charge in [-0.15, -0.1) is 22.7 Å². The molecule has 7 heteroatoms. The van der Waals surface area contributed by atoms with Crippen LogP contribution in [0, 0.1) is 0 Å². The third-order valence-corrected chi connectivity index (χ3v) is 6.94. The smallest absolute Gasteiger partial charge is 0.225 e. The van der Waals surface area contributed by atoms with Crippen LogP contribution in [0.15, 0.2) is 18.5 Å². The van der Waals surface area contributed by atoms with Crippen molar-refractivity contribution < 1.29 is 4.79 Å². The van der Waals surface area contributed by atoms with Gasteiger partial charge in [-0.25, -0.2) is 4.98 Å². The molecule has 3 N–H and O–H groups in total. The van der Waals surface area contributed by atoms with Gasteiger partial charge in [-0.1, -0.05) is 6.92 Å². The van der Waals surface area contributed by atoms with Gasteiger partial charge in [-0.2, -0.15) is 0 Å². The van der Waals surface area contributed by atoms with Gasteiger partial charge in [-0.05, 0) is 24.5 Å². The molecule has 3 aromatic rings. The number of carbonyl (C=O) groups is 1. The molecule has 3 aromatic heterocycles. The number of amides is 1. The molecule has 1 aliphatic rings. The Morgan fingerprint density at radius 1 is 1.46 bits per heavy atom. The zero-order valence-electron chi connectivity index (χ0n) is 13.5. The van der Waals surface area contributed by atoms with Crippen LogP contribution in [0.1, 0.15) is 41.0 Å². The number of nitrogens with two attached hydrogens (primary N) is 1. The number of thiophene rings is 1. The van der Waals surface area contributed by atoms with Gasteiger partial charge < -0.3 is 11.1 Å². The van der Waals surface area contributed by atoms with Gasteiger partial charge in [0.1, 0.15) is 10.5 Å². The van der Waals surface area contributed by atoms with E-state index in [1.165, 1.54) is 10.4 Å². The van der Waals surface area contributed by atoms with E-state index in [0.29, 0.717) is 5.92 Å². The molecule has 0 fully saturated rings. The number of thiazole rings is 1. The van der Waals surface area contributed by atoms with E-state index in [1.807, 2.05) is 13.0 Å². The number of hydrogen-bond acceptors (Lipinski definition) is 6. The first-order valence-corrected chi connectivity index (χ1v) is 9.56. The van der Waals surface area contributed by atoms with Crippen molar-refractivity contribution in [2.75, 3.05) is 6.54 Å². The second-order valence-electron chi connectivity index (χ2n) is 6.20. The summed E-state index contributed by atoms with van der Waals surface area (Å²) in [5.74, 6) is -0.217. The summed E-state index contributed by atoms with van der Waals surface area (Å²) in [6.07, 6.45) is 3.57. The molecule has 1 unspecified atom stereocenters. The van der Waals surface area contributed by atoms with Gasteiger partial charge >= 0.3 is 0 Å². The lowest BCUT2D eigenvalue weighted by molar-refractivity contribution is -0.119. The van der Waals surface area contributed by atoms with E-state index < -0.39 is 0 Å². The summed E-state index contributed by atoms with van der Waals surface area (Å²) in [5.41, 5.74) is 8.96. The van der Waals surface area contributed by atoms with Gasteiger partial charge in [0.2, 0.25) is 5.91 Å². The molecule has 4 heterocycles. The fraction of sp³-hybridized carbons (Fsp3) is 0.353. The highest BCUT2D eigenvalue weighted by Gasteiger charge is 2.31. The maximum atomic E-state index is 11.8. The Morgan fingerprint density at radius 2 is 2.29 bits per heavy atom. The average Bonchev–Trinajstić information content (AvgIpc) is 3.15. The number of hydrogen-bond donors (Lipinski definition) is 2. The summed E-state index contributed by atoms with van der Waals surface area (Å²) in [4.78, 5) is 23.1. The van der Waals surface area contributed by atoms with Crippen molar-refractivity contribution in [3.63, 3.8) is 0 Å². The quantitative estimate of drug-likeness (QED) is 0.753. The molecule has 0 saturated heterocycles. The zero-order chi connectivity index (χ0) is 16.8. The van der Waals surface area contributed by atoms with Crippen molar-refractivity contribution >= 4 is 38.8 Å². The number of primary amides is 1. The van der Waals surface area contributed by atoms with E-state index >= 15 is 0 Å². The molecule has 0 spiro atoms. The van der Waals surface area contributed by atoms with Crippen LogP contribution in [0.5, 0.6) is 0 Å². The molecule has 1 aliphatic heterocycles. The molecular weight excluding hydrogens is 340 g/mol. The van der Waals surface area contributed by atoms with E-state index in [1.54, 1.807) is 35.1 Å². The lowest BCUT2D eigenvalue weighted by Crippen LogP contribution is -2.25. The van der Waals surface area contributed by atoms with Crippen LogP contribution in [0.4, 0.5) is 0 Å². The van der Waals surface area contributed by atoms with Crippen molar-refractivity contribution in [1.29, 1.82) is 0 Å². The minimum atomic E-state index is -0.312. The number of aromatic nitrogens is 2. The van der Waals surface area contributed by atoms with Crippen molar-refractivity contribution in [3.05, 3.63) is 33.8 Å². The van der Waals surface area contributed by atoms with Crippen LogP contribution < -0.4 is 11.1 Å². The second kappa shape index (κ2) is 5.91. The number of fused-ring (bicyclic) bond motifs is 2. The van der Waals surface area contributed by atoms with Gasteiger partial charge in [0.25, 0.3) is 0 Å². The first kappa shape index (κ1) is 15.7. The largest absolute Gasteiger partial charge is 0.369 e. The summed E-state index contributed by atoms with van der Waals surface area (Å²) in [6, 6.07) is 1.98. The van der Waals surface area contributed by atoms with Gasteiger partial charge in [-0.3, -0.25) is 9.78 Å². The Morgan fingerprint density at radius 3 is 3.04 bits per heavy atom. The molecule has 2 atom stereocenters. The number of carbonyl (C=O) groups excluding carboxylic acids is 1. The third-order valence-electron chi connectivity index (χ3n) is 4.50. The minimum Gasteiger partial charge on any atom is -0.369 e. The molecule has 24 heavy (non-hydrogen) atoms. The fourth-order valence-electron chi connectivity index (χ4n) is 3.21. The summed E-state index contributed by atoms with van der Waals surface area (Å²) < 4.78 is 1.11. The summed E-state index contributed by atoms with van der Waals surface area (Å²) in [6.45, 7) is 5.88. The average molecular weight is 358 g/mol. The fourth-order valence-corrected chi connectivity index (χ4v) is 5.73. The highest BCUT2D eigenvalue weighted by atomic mass is 32.1. The number of pyridine rings is 1. The zero-order valence-corrected chi connectivity index (χ0v) is 15.1. The highest BCUT2D eigenvalue weighted by Crippen LogP contribution is 2.47. The van der Waals surface area contributed by atoms with Crippen molar-refractivity contribution in [3.8, 4) is 10.6 Å². The summed E-state index contributed by atoms with van der Waals surface area (Å²) >= 11 is 3.35. The number of rotatable bonds is 3. The molecule has 0 aromatic carbocycles. The van der Waals surface area contributed by atoms with Crippen molar-refractivity contribution in [1.82, 2.24) is 15.3 Å². The Balaban J connectivity index is 1.97. The predicted octanol–water partition coefficient (Wildman–Crippen LogP) is 3.22. The van der Waals surface area contributed by atoms with E-state index in [0.717, 1.165) is 38.8 Å². The van der Waals surface area contributed by atoms with Gasteiger partial charge in [0, 0.05) is 34.6 Å². The number of nitrogens with one attached hydrogen (secondary N) is 1. The monoisotopic (exact) mass is 358 g/mol. The topological polar surface area (TPSA) is 80.9 Å². The molecule has 0 radical (unpaired) electrons. The van der Waals surface area contributed by atoms with Crippen LogP contribution in [-0.2, 0) is 11.3 Å². The van der Waals surface area contributed by atoms with Crippen LogP contribution >= 0.6 is 22.7 Å². The maximum Gasteiger partial charge on any atom is 0.225 e. The second-order valence-corrected chi connectivity index (χ2v) is 8.36. The SMILES string of the molecule is CC(C(N)=O)c1sc2c(c1-c1nc3cnccc3s1)[C@H](C)CNC2. The molecule has 5 nitrogen and oxygen atoms in total. The molecule has 0 saturated carbocycles. The summed E-state index contributed by atoms with van der Waals surface area (Å²) in [7, 11) is 0. The van der Waals surface area contributed by atoms with Crippen LogP contribution in [0.25, 0.3) is 20.8 Å². The highest BCUT2D eigenvalue weighted by molar-refractivity contribution is 7.22. The van der Waals surface area contributed by atoms with Crippen LogP contribution in [0.2, 0.25) is 0 Å². The van der Waals surface area contributed by atoms with E-state index in [4.69, 9.17) is 10.7 Å². The lowest BCUT2D eigenvalue weighted by atomic mass is 9.91. The van der Waals surface area contributed by atoms with E-state index in [9.17, 15) is 4.79 Å². The maximum absolute atomic E-state index is 11.8. The summed E-state index contributed by atoms with van der Waals surface area (Å²) in [5, 5.41) is 4.41. The normalized spacial score (nSPS) is 18.5. The molecular formula is C17H18N4OS2. The van der Waals surface area contributed by atoms with Crippen molar-refractivity contribution in [2.24, 2.45) is 5.73 Å². The lowest BCUT2D eigenvalue weighted by Gasteiger charge is -2.21.